The van der Waals surface area contributed by atoms with E-state index in [1.807, 2.05) is 0 Å². The molecule has 2 saturated heterocycles. The minimum Gasteiger partial charge on any atom is -0.338 e. The lowest BCUT2D eigenvalue weighted by atomic mass is 9.95. The van der Waals surface area contributed by atoms with E-state index < -0.39 is 6.04 Å². The third-order valence-electron chi connectivity index (χ3n) is 5.41. The molecule has 0 radical (unpaired) electrons. The molecule has 0 saturated carbocycles. The van der Waals surface area contributed by atoms with Crippen LogP contribution in [0.15, 0.2) is 22.7 Å². The smallest absolute Gasteiger partial charge is 0.256 e. The molecule has 4 rings (SSSR count). The molecule has 0 aliphatic carbocycles. The molecule has 8 heteroatoms. The molecule has 2 N–H and O–H groups in total. The number of halogens is 1. The first-order valence-electron chi connectivity index (χ1n) is 8.95. The number of hydrogen-bond acceptors (Lipinski definition) is 4. The Balaban J connectivity index is 1.55. The van der Waals surface area contributed by atoms with E-state index in [9.17, 15) is 14.4 Å². The number of piperazine rings is 1. The molecule has 1 aromatic carbocycles. The lowest BCUT2D eigenvalue weighted by Crippen LogP contribution is -2.60. The Kier molecular flexibility index (Phi) is 4.71. The van der Waals surface area contributed by atoms with Crippen LogP contribution >= 0.6 is 15.9 Å². The molecule has 3 amide bonds. The number of piperidine rings is 1. The number of benzene rings is 1. The van der Waals surface area contributed by atoms with Gasteiger partial charge in [-0.25, -0.2) is 0 Å². The Labute approximate surface area is 160 Å². The fourth-order valence-electron chi connectivity index (χ4n) is 3.95. The van der Waals surface area contributed by atoms with Crippen molar-refractivity contribution in [3.05, 3.63) is 28.2 Å². The normalized spacial score (nSPS) is 23.8. The minimum absolute atomic E-state index is 0.0143. The van der Waals surface area contributed by atoms with E-state index in [1.54, 1.807) is 28.0 Å². The van der Waals surface area contributed by atoms with Crippen molar-refractivity contribution < 1.29 is 14.4 Å². The summed E-state index contributed by atoms with van der Waals surface area (Å²) in [5.74, 6) is -0.280. The van der Waals surface area contributed by atoms with Crippen molar-refractivity contribution in [2.75, 3.05) is 38.0 Å². The van der Waals surface area contributed by atoms with E-state index in [0.29, 0.717) is 24.3 Å². The largest absolute Gasteiger partial charge is 0.338 e. The molecule has 2 fully saturated rings. The van der Waals surface area contributed by atoms with E-state index in [-0.39, 0.29) is 30.2 Å². The van der Waals surface area contributed by atoms with E-state index in [1.165, 1.54) is 0 Å². The van der Waals surface area contributed by atoms with Crippen LogP contribution in [0.5, 0.6) is 0 Å². The van der Waals surface area contributed by atoms with Crippen LogP contribution in [0.25, 0.3) is 0 Å². The van der Waals surface area contributed by atoms with E-state index in [4.69, 9.17) is 0 Å². The quantitative estimate of drug-likeness (QED) is 0.711. The van der Waals surface area contributed by atoms with Gasteiger partial charge in [0.15, 0.2) is 0 Å². The van der Waals surface area contributed by atoms with Gasteiger partial charge < -0.3 is 20.4 Å². The van der Waals surface area contributed by atoms with Crippen molar-refractivity contribution in [3.63, 3.8) is 0 Å². The van der Waals surface area contributed by atoms with Crippen molar-refractivity contribution in [2.24, 2.45) is 5.92 Å². The van der Waals surface area contributed by atoms with Gasteiger partial charge in [-0.2, -0.15) is 0 Å². The first-order chi connectivity index (χ1) is 12.5. The Morgan fingerprint density at radius 1 is 1.15 bits per heavy atom. The van der Waals surface area contributed by atoms with Gasteiger partial charge in [0.05, 0.1) is 17.8 Å². The molecule has 3 heterocycles. The maximum atomic E-state index is 12.9. The number of hydrogen-bond donors (Lipinski definition) is 2. The second-order valence-electron chi connectivity index (χ2n) is 7.00. The van der Waals surface area contributed by atoms with Gasteiger partial charge in [0.2, 0.25) is 11.8 Å². The lowest BCUT2D eigenvalue weighted by Gasteiger charge is -2.41. The van der Waals surface area contributed by atoms with Crippen LogP contribution in [0, 0.1) is 5.92 Å². The van der Waals surface area contributed by atoms with Gasteiger partial charge in [0.1, 0.15) is 6.04 Å². The lowest BCUT2D eigenvalue weighted by molar-refractivity contribution is -0.140. The molecule has 0 bridgehead atoms. The highest BCUT2D eigenvalue weighted by molar-refractivity contribution is 9.10. The molecule has 1 atom stereocenters. The molecule has 1 aromatic rings. The maximum Gasteiger partial charge on any atom is 0.256 e. The summed E-state index contributed by atoms with van der Waals surface area (Å²) >= 11 is 3.38. The van der Waals surface area contributed by atoms with Crippen LogP contribution in [-0.4, -0.2) is 66.3 Å². The van der Waals surface area contributed by atoms with Gasteiger partial charge in [0, 0.05) is 23.5 Å². The summed E-state index contributed by atoms with van der Waals surface area (Å²) in [6.45, 7) is 2.81. The van der Waals surface area contributed by atoms with Crippen LogP contribution in [0.2, 0.25) is 0 Å². The fraction of sp³-hybridized carbons (Fsp3) is 0.500. The van der Waals surface area contributed by atoms with Crippen molar-refractivity contribution in [1.29, 1.82) is 0 Å². The Hall–Kier alpha value is -1.93. The summed E-state index contributed by atoms with van der Waals surface area (Å²) in [6.07, 6.45) is 1.66. The zero-order valence-electron chi connectivity index (χ0n) is 14.3. The topological polar surface area (TPSA) is 81.8 Å². The maximum absolute atomic E-state index is 12.9. The van der Waals surface area contributed by atoms with Crippen molar-refractivity contribution in [2.45, 2.75) is 18.9 Å². The van der Waals surface area contributed by atoms with Crippen molar-refractivity contribution in [1.82, 2.24) is 15.1 Å². The first-order valence-corrected chi connectivity index (χ1v) is 9.75. The third kappa shape index (κ3) is 3.12. The molecule has 26 heavy (non-hydrogen) atoms. The zero-order valence-corrected chi connectivity index (χ0v) is 15.9. The Morgan fingerprint density at radius 2 is 1.92 bits per heavy atom. The van der Waals surface area contributed by atoms with Gasteiger partial charge in [-0.3, -0.25) is 14.4 Å². The number of rotatable bonds is 1. The number of carbonyl (C=O) groups is 3. The summed E-state index contributed by atoms with van der Waals surface area (Å²) in [4.78, 5) is 41.8. The van der Waals surface area contributed by atoms with Crippen LogP contribution in [0.3, 0.4) is 0 Å². The molecule has 1 unspecified atom stereocenters. The first kappa shape index (κ1) is 17.5. The van der Waals surface area contributed by atoms with Crippen LogP contribution < -0.4 is 10.6 Å². The van der Waals surface area contributed by atoms with Crippen LogP contribution in [0.4, 0.5) is 5.69 Å². The fourth-order valence-corrected chi connectivity index (χ4v) is 4.31. The highest BCUT2D eigenvalue weighted by Crippen LogP contribution is 2.28. The molecular weight excluding hydrogens is 400 g/mol. The van der Waals surface area contributed by atoms with Gasteiger partial charge in [-0.05, 0) is 44.1 Å². The molecule has 3 aliphatic heterocycles. The molecule has 7 nitrogen and oxygen atoms in total. The summed E-state index contributed by atoms with van der Waals surface area (Å²) in [5, 5.41) is 6.11. The standard InChI is InChI=1S/C18H21BrN4O3/c19-12-1-2-14-13(9-12)18(26)23-8-7-22(10-15(23)16(24)21-14)17(25)11-3-5-20-6-4-11/h1-2,9,11,15,20H,3-8,10H2,(H,21,24). The van der Waals surface area contributed by atoms with Crippen LogP contribution in [-0.2, 0) is 9.59 Å². The number of nitrogens with one attached hydrogen (secondary N) is 2. The van der Waals surface area contributed by atoms with E-state index in [0.717, 1.165) is 30.4 Å². The highest BCUT2D eigenvalue weighted by Gasteiger charge is 2.41. The number of fused-ring (bicyclic) bond motifs is 2. The summed E-state index contributed by atoms with van der Waals surface area (Å²) in [7, 11) is 0. The summed E-state index contributed by atoms with van der Waals surface area (Å²) in [5.41, 5.74) is 1.00. The Bertz CT molecular complexity index is 763. The summed E-state index contributed by atoms with van der Waals surface area (Å²) < 4.78 is 0.789. The summed E-state index contributed by atoms with van der Waals surface area (Å²) in [6, 6.07) is 4.61. The molecular formula is C18H21BrN4O3. The molecule has 0 aromatic heterocycles. The molecule has 3 aliphatic rings. The van der Waals surface area contributed by atoms with Crippen LogP contribution in [0.1, 0.15) is 23.2 Å². The average molecular weight is 421 g/mol. The van der Waals surface area contributed by atoms with Gasteiger partial charge in [-0.1, -0.05) is 15.9 Å². The average Bonchev–Trinajstić information content (AvgIpc) is 2.77. The predicted molar refractivity (Wildman–Crippen MR) is 99.8 cm³/mol. The minimum atomic E-state index is -0.645. The zero-order chi connectivity index (χ0) is 18.3. The molecule has 0 spiro atoms. The second kappa shape index (κ2) is 7.00. The monoisotopic (exact) mass is 420 g/mol. The number of carbonyl (C=O) groups excluding carboxylic acids is 3. The van der Waals surface area contributed by atoms with Crippen molar-refractivity contribution >= 4 is 39.3 Å². The number of anilines is 1. The van der Waals surface area contributed by atoms with Gasteiger partial charge >= 0.3 is 0 Å². The van der Waals surface area contributed by atoms with Gasteiger partial charge in [0.25, 0.3) is 5.91 Å². The third-order valence-corrected chi connectivity index (χ3v) is 5.91. The predicted octanol–water partition coefficient (Wildman–Crippen LogP) is 1.05. The number of nitrogens with zero attached hydrogens (tertiary/aromatic N) is 2. The van der Waals surface area contributed by atoms with Gasteiger partial charge in [-0.15, -0.1) is 0 Å². The van der Waals surface area contributed by atoms with E-state index in [2.05, 4.69) is 26.6 Å². The van der Waals surface area contributed by atoms with E-state index >= 15 is 0 Å². The second-order valence-corrected chi connectivity index (χ2v) is 7.92. The highest BCUT2D eigenvalue weighted by atomic mass is 79.9. The number of amides is 3. The molecule has 138 valence electrons. The van der Waals surface area contributed by atoms with Crippen molar-refractivity contribution in [3.8, 4) is 0 Å². The Morgan fingerprint density at radius 3 is 2.69 bits per heavy atom. The SMILES string of the molecule is O=C1Nc2ccc(Br)cc2C(=O)N2CCN(C(=O)C3CCNCC3)CC12.